The van der Waals surface area contributed by atoms with E-state index in [9.17, 15) is 23.2 Å². The third kappa shape index (κ3) is 3.65. The van der Waals surface area contributed by atoms with Gasteiger partial charge in [0.1, 0.15) is 5.75 Å². The van der Waals surface area contributed by atoms with Crippen molar-refractivity contribution >= 4 is 56.5 Å². The van der Waals surface area contributed by atoms with E-state index in [1.54, 1.807) is 0 Å². The first kappa shape index (κ1) is 22.0. The Labute approximate surface area is 186 Å². The maximum atomic E-state index is 12.9. The highest BCUT2D eigenvalue weighted by atomic mass is 35.5. The van der Waals surface area contributed by atoms with Gasteiger partial charge in [-0.3, -0.25) is 4.55 Å². The summed E-state index contributed by atoms with van der Waals surface area (Å²) in [6.45, 7) is 0. The van der Waals surface area contributed by atoms with Crippen molar-refractivity contribution in [2.24, 2.45) is 0 Å². The van der Waals surface area contributed by atoms with Gasteiger partial charge in [-0.25, -0.2) is 0 Å². The number of rotatable bonds is 4. The Bertz CT molecular complexity index is 1200. The van der Waals surface area contributed by atoms with Crippen molar-refractivity contribution in [3.05, 3.63) is 91.4 Å². The molecule has 0 aliphatic heterocycles. The van der Waals surface area contributed by atoms with Gasteiger partial charge in [-0.05, 0) is 42.0 Å². The molecule has 0 radical (unpaired) electrons. The standard InChI is InChI=1S/C19H12Cl4O5S/c20-11-3-1-10(2-4-11)19(29(26,27)28,14-9-12(21)5-8-16(14)24)13-6-7-15(22)18(25)17(13)23/h1-9,24-25H,(H,26,27,28). The van der Waals surface area contributed by atoms with Crippen molar-refractivity contribution in [1.82, 2.24) is 0 Å². The summed E-state index contributed by atoms with van der Waals surface area (Å²) in [6.07, 6.45) is 0. The third-order valence-corrected chi connectivity index (χ3v) is 7.05. The molecule has 0 aliphatic rings. The fraction of sp³-hybridized carbons (Fsp3) is 0.0526. The molecule has 0 fully saturated rings. The highest BCUT2D eigenvalue weighted by molar-refractivity contribution is 7.87. The van der Waals surface area contributed by atoms with Crippen LogP contribution < -0.4 is 0 Å². The Morgan fingerprint density at radius 2 is 1.34 bits per heavy atom. The molecule has 152 valence electrons. The molecule has 1 unspecified atom stereocenters. The predicted octanol–water partition coefficient (Wildman–Crippen LogP) is 5.89. The summed E-state index contributed by atoms with van der Waals surface area (Å²) in [4.78, 5) is 0. The molecule has 0 spiro atoms. The molecule has 3 rings (SSSR count). The van der Waals surface area contributed by atoms with E-state index in [-0.39, 0.29) is 26.7 Å². The van der Waals surface area contributed by atoms with Gasteiger partial charge >= 0.3 is 0 Å². The summed E-state index contributed by atoms with van der Waals surface area (Å²) in [5.41, 5.74) is -0.535. The number of hydrogen-bond donors (Lipinski definition) is 3. The summed E-state index contributed by atoms with van der Waals surface area (Å²) in [5.74, 6) is -1.07. The quantitative estimate of drug-likeness (QED) is 0.311. The molecule has 5 nitrogen and oxygen atoms in total. The van der Waals surface area contributed by atoms with Crippen molar-refractivity contribution in [3.8, 4) is 11.5 Å². The first-order chi connectivity index (χ1) is 13.5. The van der Waals surface area contributed by atoms with E-state index in [0.29, 0.717) is 5.02 Å². The van der Waals surface area contributed by atoms with E-state index in [1.807, 2.05) is 0 Å². The molecule has 3 aromatic rings. The largest absolute Gasteiger partial charge is 0.508 e. The highest BCUT2D eigenvalue weighted by Gasteiger charge is 2.51. The lowest BCUT2D eigenvalue weighted by molar-refractivity contribution is 0.439. The molecule has 0 heterocycles. The number of benzene rings is 3. The van der Waals surface area contributed by atoms with Gasteiger partial charge in [-0.2, -0.15) is 8.42 Å². The lowest BCUT2D eigenvalue weighted by Gasteiger charge is -2.34. The van der Waals surface area contributed by atoms with Crippen LogP contribution >= 0.6 is 46.4 Å². The molecule has 0 aromatic heterocycles. The summed E-state index contributed by atoms with van der Waals surface area (Å²) >= 11 is 24.1. The van der Waals surface area contributed by atoms with Crippen molar-refractivity contribution in [1.29, 1.82) is 0 Å². The second-order valence-electron chi connectivity index (χ2n) is 6.08. The van der Waals surface area contributed by atoms with Gasteiger partial charge in [0.2, 0.25) is 0 Å². The zero-order valence-corrected chi connectivity index (χ0v) is 18.1. The van der Waals surface area contributed by atoms with Crippen LogP contribution in [0.15, 0.2) is 54.6 Å². The number of aromatic hydroxyl groups is 2. The Morgan fingerprint density at radius 3 is 1.93 bits per heavy atom. The van der Waals surface area contributed by atoms with E-state index in [0.717, 1.165) is 0 Å². The SMILES string of the molecule is O=S(=O)(O)C(c1ccc(Cl)cc1)(c1cc(Cl)ccc1O)c1ccc(Cl)c(O)c1Cl. The molecule has 0 aliphatic carbocycles. The molecule has 3 N–H and O–H groups in total. The van der Waals surface area contributed by atoms with Gasteiger partial charge in [0, 0.05) is 21.2 Å². The van der Waals surface area contributed by atoms with Crippen LogP contribution in [-0.2, 0) is 14.9 Å². The Kier molecular flexibility index (Phi) is 5.98. The monoisotopic (exact) mass is 492 g/mol. The second kappa shape index (κ2) is 7.87. The van der Waals surface area contributed by atoms with Crippen LogP contribution in [0.1, 0.15) is 16.7 Å². The number of halogens is 4. The maximum absolute atomic E-state index is 12.9. The molecular weight excluding hydrogens is 482 g/mol. The first-order valence-electron chi connectivity index (χ1n) is 7.89. The molecular formula is C19H12Cl4O5S. The summed E-state index contributed by atoms with van der Waals surface area (Å²) in [5, 5.41) is 20.6. The van der Waals surface area contributed by atoms with Gasteiger partial charge in [0.15, 0.2) is 10.5 Å². The second-order valence-corrected chi connectivity index (χ2v) is 9.30. The minimum absolute atomic E-state index is 0.00871. The molecule has 0 amide bonds. The summed E-state index contributed by atoms with van der Waals surface area (Å²) in [6, 6.07) is 11.7. The van der Waals surface area contributed by atoms with E-state index in [2.05, 4.69) is 0 Å². The van der Waals surface area contributed by atoms with Crippen molar-refractivity contribution in [3.63, 3.8) is 0 Å². The topological polar surface area (TPSA) is 94.8 Å². The van der Waals surface area contributed by atoms with E-state index in [4.69, 9.17) is 46.4 Å². The molecule has 29 heavy (non-hydrogen) atoms. The zero-order valence-electron chi connectivity index (χ0n) is 14.3. The van der Waals surface area contributed by atoms with Gasteiger partial charge in [0.25, 0.3) is 10.1 Å². The van der Waals surface area contributed by atoms with Crippen LogP contribution in [0, 0.1) is 0 Å². The summed E-state index contributed by atoms with van der Waals surface area (Å²) in [7, 11) is -5.09. The van der Waals surface area contributed by atoms with E-state index in [1.165, 1.54) is 54.6 Å². The normalized spacial score (nSPS) is 13.8. The van der Waals surface area contributed by atoms with Crippen molar-refractivity contribution < 1.29 is 23.2 Å². The first-order valence-corrected chi connectivity index (χ1v) is 10.8. The lowest BCUT2D eigenvalue weighted by atomic mass is 9.83. The van der Waals surface area contributed by atoms with Crippen LogP contribution in [0.2, 0.25) is 20.1 Å². The molecule has 3 aromatic carbocycles. The molecule has 10 heteroatoms. The zero-order chi connectivity index (χ0) is 21.6. The Hall–Kier alpha value is -1.67. The van der Waals surface area contributed by atoms with Gasteiger partial charge in [0.05, 0.1) is 10.0 Å². The Morgan fingerprint density at radius 1 is 0.759 bits per heavy atom. The number of phenolic OH excluding ortho intramolecular Hbond substituents is 2. The van der Waals surface area contributed by atoms with Crippen LogP contribution in [0.25, 0.3) is 0 Å². The van der Waals surface area contributed by atoms with E-state index < -0.39 is 31.4 Å². The fourth-order valence-corrected chi connectivity index (χ4v) is 5.36. The third-order valence-electron chi connectivity index (χ3n) is 4.42. The predicted molar refractivity (Wildman–Crippen MR) is 114 cm³/mol. The maximum Gasteiger partial charge on any atom is 0.283 e. The smallest absolute Gasteiger partial charge is 0.283 e. The highest BCUT2D eigenvalue weighted by Crippen LogP contribution is 2.52. The van der Waals surface area contributed by atoms with Crippen LogP contribution in [-0.4, -0.2) is 23.2 Å². The fourth-order valence-electron chi connectivity index (χ4n) is 3.17. The molecule has 0 saturated carbocycles. The lowest BCUT2D eigenvalue weighted by Crippen LogP contribution is -2.38. The average Bonchev–Trinajstić information content (AvgIpc) is 2.65. The molecule has 0 bridgehead atoms. The molecule has 0 saturated heterocycles. The van der Waals surface area contributed by atoms with Crippen LogP contribution in [0.3, 0.4) is 0 Å². The van der Waals surface area contributed by atoms with E-state index >= 15 is 0 Å². The number of hydrogen-bond acceptors (Lipinski definition) is 4. The van der Waals surface area contributed by atoms with Gasteiger partial charge in [-0.1, -0.05) is 64.6 Å². The number of phenols is 2. The Balaban J connectivity index is 2.61. The van der Waals surface area contributed by atoms with Crippen molar-refractivity contribution in [2.75, 3.05) is 0 Å². The van der Waals surface area contributed by atoms with Gasteiger partial charge in [-0.15, -0.1) is 0 Å². The van der Waals surface area contributed by atoms with Gasteiger partial charge < -0.3 is 10.2 Å². The molecule has 1 atom stereocenters. The summed E-state index contributed by atoms with van der Waals surface area (Å²) < 4.78 is 33.9. The minimum atomic E-state index is -5.09. The van der Waals surface area contributed by atoms with Crippen LogP contribution in [0.5, 0.6) is 11.5 Å². The minimum Gasteiger partial charge on any atom is -0.508 e. The van der Waals surface area contributed by atoms with Crippen LogP contribution in [0.4, 0.5) is 0 Å². The average molecular weight is 494 g/mol. The van der Waals surface area contributed by atoms with Crippen molar-refractivity contribution in [2.45, 2.75) is 4.75 Å².